The molecule has 2 saturated heterocycles. The molecule has 0 spiro atoms. The van der Waals surface area contributed by atoms with Crippen molar-refractivity contribution < 1.29 is 23.4 Å². The molecule has 2 aromatic heterocycles. The fraction of sp³-hybridized carbons (Fsp3) is 0.344. The highest BCUT2D eigenvalue weighted by Gasteiger charge is 2.40. The molecule has 2 unspecified atom stereocenters. The molecule has 9 nitrogen and oxygen atoms in total. The first-order valence-electron chi connectivity index (χ1n) is 13.9. The number of furan rings is 1. The first-order valence-corrected chi connectivity index (χ1v) is 13.9. The molecule has 3 N–H and O–H groups in total. The van der Waals surface area contributed by atoms with Crippen molar-refractivity contribution in [1.29, 1.82) is 5.26 Å². The molecule has 4 heterocycles. The normalized spacial score (nSPS) is 19.5. The number of hydrogen-bond acceptors (Lipinski definition) is 8. The minimum absolute atomic E-state index is 0.0397. The zero-order valence-corrected chi connectivity index (χ0v) is 22.9. The second-order valence-corrected chi connectivity index (χ2v) is 10.6. The van der Waals surface area contributed by atoms with E-state index >= 15 is 0 Å². The van der Waals surface area contributed by atoms with Gasteiger partial charge >= 0.3 is 0 Å². The molecule has 1 saturated carbocycles. The van der Waals surface area contributed by atoms with Gasteiger partial charge in [0.05, 0.1) is 31.5 Å². The Hall–Kier alpha value is -4.39. The average Bonchev–Trinajstić information content (AvgIpc) is 3.37. The molecule has 2 aliphatic heterocycles. The number of methoxy groups -OCH3 is 1. The molecule has 0 bridgehead atoms. The summed E-state index contributed by atoms with van der Waals surface area (Å²) in [7, 11) is 1.52. The summed E-state index contributed by atoms with van der Waals surface area (Å²) in [6, 6.07) is 16.4. The van der Waals surface area contributed by atoms with Gasteiger partial charge in [-0.1, -0.05) is 6.07 Å². The maximum Gasteiger partial charge on any atom is 0.248 e. The van der Waals surface area contributed by atoms with Crippen LogP contribution in [0.5, 0.6) is 11.5 Å². The number of aromatic nitrogens is 1. The largest absolute Gasteiger partial charge is 0.496 e. The fourth-order valence-electron chi connectivity index (χ4n) is 5.47. The number of fused-ring (bicyclic) bond motifs is 2. The molecule has 2 atom stereocenters. The standard InChI is InChI=1S/C27H23N3O5.C5H9N/c1-32-24-13-17(27(29)31)2-4-21(24)25-14-22-26(35-25)20(6-9-30-22)16-3-5-23(18(12-16)15-28)34-19-7-10-33-11-8-19;1-4-2-6-3-5(1)4/h2-6,9,12-14,19H,7-8,10-11H2,1H3,(H2,29,31);4-6H,1-3H2. The molecule has 7 rings (SSSR count). The summed E-state index contributed by atoms with van der Waals surface area (Å²) in [5.41, 5.74) is 9.68. The van der Waals surface area contributed by atoms with E-state index in [2.05, 4.69) is 16.4 Å². The molecular formula is C32H32N4O5. The Morgan fingerprint density at radius 3 is 2.51 bits per heavy atom. The summed E-state index contributed by atoms with van der Waals surface area (Å²) in [6.07, 6.45) is 4.86. The van der Waals surface area contributed by atoms with Crippen molar-refractivity contribution in [1.82, 2.24) is 10.3 Å². The van der Waals surface area contributed by atoms with Crippen LogP contribution in [0.25, 0.3) is 33.6 Å². The van der Waals surface area contributed by atoms with Crippen LogP contribution in [-0.4, -0.2) is 50.4 Å². The molecule has 1 amide bonds. The number of primary amides is 1. The van der Waals surface area contributed by atoms with Crippen molar-refractivity contribution in [3.05, 3.63) is 65.9 Å². The summed E-state index contributed by atoms with van der Waals surface area (Å²) in [6.45, 7) is 3.95. The monoisotopic (exact) mass is 552 g/mol. The van der Waals surface area contributed by atoms with Gasteiger partial charge in [-0.2, -0.15) is 5.26 Å². The number of piperidine rings is 1. The van der Waals surface area contributed by atoms with Crippen molar-refractivity contribution in [2.75, 3.05) is 33.4 Å². The summed E-state index contributed by atoms with van der Waals surface area (Å²) >= 11 is 0. The van der Waals surface area contributed by atoms with E-state index in [4.69, 9.17) is 24.4 Å². The van der Waals surface area contributed by atoms with Crippen LogP contribution in [-0.2, 0) is 4.74 Å². The third-order valence-electron chi connectivity index (χ3n) is 7.92. The van der Waals surface area contributed by atoms with E-state index in [0.29, 0.717) is 58.3 Å². The number of nitrogens with zero attached hydrogens (tertiary/aromatic N) is 2. The predicted molar refractivity (Wildman–Crippen MR) is 154 cm³/mol. The number of pyridine rings is 1. The lowest BCUT2D eigenvalue weighted by molar-refractivity contribution is 0.0254. The average molecular weight is 553 g/mol. The minimum Gasteiger partial charge on any atom is -0.496 e. The van der Waals surface area contributed by atoms with E-state index in [1.165, 1.54) is 26.6 Å². The van der Waals surface area contributed by atoms with Gasteiger partial charge in [0.15, 0.2) is 5.58 Å². The van der Waals surface area contributed by atoms with Gasteiger partial charge in [-0.25, -0.2) is 0 Å². The number of amides is 1. The number of benzene rings is 2. The molecule has 4 aromatic rings. The fourth-order valence-corrected chi connectivity index (χ4v) is 5.47. The van der Waals surface area contributed by atoms with Crippen LogP contribution < -0.4 is 20.5 Å². The molecule has 3 fully saturated rings. The van der Waals surface area contributed by atoms with Crippen molar-refractivity contribution in [3.8, 4) is 40.0 Å². The molecule has 210 valence electrons. The molecule has 41 heavy (non-hydrogen) atoms. The molecule has 1 aliphatic carbocycles. The van der Waals surface area contributed by atoms with E-state index in [0.717, 1.165) is 35.8 Å². The number of hydrogen-bond donors (Lipinski definition) is 2. The van der Waals surface area contributed by atoms with Crippen molar-refractivity contribution >= 4 is 17.0 Å². The van der Waals surface area contributed by atoms with E-state index < -0.39 is 5.91 Å². The molecule has 3 aliphatic rings. The highest BCUT2D eigenvalue weighted by atomic mass is 16.5. The number of carbonyl (C=O) groups excluding carboxylic acids is 1. The van der Waals surface area contributed by atoms with Crippen LogP contribution in [0.2, 0.25) is 0 Å². The molecular weight excluding hydrogens is 520 g/mol. The van der Waals surface area contributed by atoms with E-state index in [1.54, 1.807) is 30.5 Å². The Morgan fingerprint density at radius 1 is 1.05 bits per heavy atom. The summed E-state index contributed by atoms with van der Waals surface area (Å²) in [4.78, 5) is 16.0. The van der Waals surface area contributed by atoms with Gasteiger partial charge in [0.1, 0.15) is 34.9 Å². The summed E-state index contributed by atoms with van der Waals surface area (Å²) in [5.74, 6) is 3.22. The van der Waals surface area contributed by atoms with E-state index in [9.17, 15) is 10.1 Å². The number of ether oxygens (including phenoxy) is 3. The lowest BCUT2D eigenvalue weighted by Gasteiger charge is -2.23. The maximum absolute atomic E-state index is 11.5. The number of rotatable bonds is 6. The van der Waals surface area contributed by atoms with Crippen LogP contribution >= 0.6 is 0 Å². The van der Waals surface area contributed by atoms with Gasteiger partial charge in [-0.05, 0) is 73.3 Å². The van der Waals surface area contributed by atoms with Gasteiger partial charge in [-0.15, -0.1) is 0 Å². The van der Waals surface area contributed by atoms with Gasteiger partial charge in [0, 0.05) is 36.2 Å². The maximum atomic E-state index is 11.5. The third kappa shape index (κ3) is 5.75. The third-order valence-corrected chi connectivity index (χ3v) is 7.92. The van der Waals surface area contributed by atoms with E-state index in [1.807, 2.05) is 24.3 Å². The SMILES string of the molecule is C1NCC2CC12.COc1cc(C(N)=O)ccc1-c1cc2nccc(-c3ccc(OC4CCOCC4)c(C#N)c3)c2o1. The van der Waals surface area contributed by atoms with Crippen LogP contribution in [0, 0.1) is 23.2 Å². The molecule has 2 aromatic carbocycles. The van der Waals surface area contributed by atoms with Gasteiger partial charge in [0.25, 0.3) is 0 Å². The van der Waals surface area contributed by atoms with E-state index in [-0.39, 0.29) is 6.10 Å². The first kappa shape index (κ1) is 26.8. The number of nitriles is 1. The van der Waals surface area contributed by atoms with Crippen LogP contribution in [0.3, 0.4) is 0 Å². The first-order chi connectivity index (χ1) is 20.0. The molecule has 0 radical (unpaired) electrons. The van der Waals surface area contributed by atoms with Gasteiger partial charge in [-0.3, -0.25) is 9.78 Å². The Labute approximate surface area is 238 Å². The Bertz CT molecular complexity index is 1610. The predicted octanol–water partition coefficient (Wildman–Crippen LogP) is 4.92. The van der Waals surface area contributed by atoms with Crippen molar-refractivity contribution in [2.24, 2.45) is 17.6 Å². The van der Waals surface area contributed by atoms with Crippen LogP contribution in [0.15, 0.2) is 59.1 Å². The van der Waals surface area contributed by atoms with Crippen molar-refractivity contribution in [3.63, 3.8) is 0 Å². The quantitative estimate of drug-likeness (QED) is 0.344. The highest BCUT2D eigenvalue weighted by molar-refractivity contribution is 5.95. The number of nitrogens with one attached hydrogen (secondary N) is 1. The summed E-state index contributed by atoms with van der Waals surface area (Å²) in [5, 5.41) is 13.1. The smallest absolute Gasteiger partial charge is 0.248 e. The number of carbonyl (C=O) groups is 1. The second kappa shape index (κ2) is 11.6. The Morgan fingerprint density at radius 2 is 1.85 bits per heavy atom. The minimum atomic E-state index is -0.541. The van der Waals surface area contributed by atoms with Gasteiger partial charge < -0.3 is 29.7 Å². The topological polar surface area (TPSA) is 133 Å². The Kier molecular flexibility index (Phi) is 7.59. The second-order valence-electron chi connectivity index (χ2n) is 10.6. The van der Waals surface area contributed by atoms with Crippen LogP contribution in [0.1, 0.15) is 35.2 Å². The summed E-state index contributed by atoms with van der Waals surface area (Å²) < 4.78 is 23.2. The lowest BCUT2D eigenvalue weighted by Crippen LogP contribution is -2.26. The molecule has 9 heteroatoms. The Balaban J connectivity index is 0.000000440. The number of nitrogens with two attached hydrogens (primary N) is 1. The lowest BCUT2D eigenvalue weighted by atomic mass is 10.0. The van der Waals surface area contributed by atoms with Gasteiger partial charge in [0.2, 0.25) is 5.91 Å². The zero-order chi connectivity index (χ0) is 28.3. The highest BCUT2D eigenvalue weighted by Crippen LogP contribution is 2.41. The zero-order valence-electron chi connectivity index (χ0n) is 22.9. The van der Waals surface area contributed by atoms with Crippen molar-refractivity contribution in [2.45, 2.75) is 25.4 Å². The van der Waals surface area contributed by atoms with Crippen LogP contribution in [0.4, 0.5) is 0 Å².